The van der Waals surface area contributed by atoms with Gasteiger partial charge in [0.05, 0.1) is 0 Å². The second-order valence-electron chi connectivity index (χ2n) is 9.49. The van der Waals surface area contributed by atoms with Crippen LogP contribution in [-0.4, -0.2) is 0 Å². The lowest BCUT2D eigenvalue weighted by molar-refractivity contribution is 0.0944. The van der Waals surface area contributed by atoms with Crippen LogP contribution in [0.25, 0.3) is 0 Å². The van der Waals surface area contributed by atoms with E-state index in [-0.39, 0.29) is 0 Å². The second-order valence-corrected chi connectivity index (χ2v) is 9.49. The van der Waals surface area contributed by atoms with Gasteiger partial charge in [-0.05, 0) is 81.0 Å². The summed E-state index contributed by atoms with van der Waals surface area (Å²) in [4.78, 5) is 0. The molecule has 0 amide bonds. The lowest BCUT2D eigenvalue weighted by Gasteiger charge is -2.41. The molecule has 5 atom stereocenters. The summed E-state index contributed by atoms with van der Waals surface area (Å²) in [5, 5.41) is 0. The summed E-state index contributed by atoms with van der Waals surface area (Å²) in [5.74, 6) is 5.26. The van der Waals surface area contributed by atoms with Crippen LogP contribution in [0, 0.1) is 29.6 Å². The lowest BCUT2D eigenvalue weighted by Crippen LogP contribution is -2.31. The van der Waals surface area contributed by atoms with Gasteiger partial charge in [0.2, 0.25) is 0 Å². The average Bonchev–Trinajstić information content (AvgIpc) is 2.97. The SMILES string of the molecule is CCCCC(C)CC1=C(C2CCC(C3CCC3CCCC)C2)CC1. The van der Waals surface area contributed by atoms with Crippen LogP contribution < -0.4 is 0 Å². The maximum atomic E-state index is 2.49. The molecule has 0 aliphatic heterocycles. The largest absolute Gasteiger partial charge is 0.0701 e. The molecular weight excluding hydrogens is 288 g/mol. The summed E-state index contributed by atoms with van der Waals surface area (Å²) >= 11 is 0. The number of unbranched alkanes of at least 4 members (excludes halogenated alkanes) is 2. The quantitative estimate of drug-likeness (QED) is 0.357. The van der Waals surface area contributed by atoms with Crippen molar-refractivity contribution in [2.75, 3.05) is 0 Å². The summed E-state index contributed by atoms with van der Waals surface area (Å²) in [6.07, 6.45) is 20.7. The molecule has 0 nitrogen and oxygen atoms in total. The van der Waals surface area contributed by atoms with Crippen molar-refractivity contribution in [3.05, 3.63) is 11.1 Å². The monoisotopic (exact) mass is 330 g/mol. The van der Waals surface area contributed by atoms with Crippen LogP contribution >= 0.6 is 0 Å². The molecule has 3 aliphatic carbocycles. The molecule has 138 valence electrons. The van der Waals surface area contributed by atoms with Crippen LogP contribution in [-0.2, 0) is 0 Å². The van der Waals surface area contributed by atoms with Gasteiger partial charge in [0.25, 0.3) is 0 Å². The van der Waals surface area contributed by atoms with Crippen molar-refractivity contribution in [2.24, 2.45) is 29.6 Å². The molecule has 2 saturated carbocycles. The van der Waals surface area contributed by atoms with E-state index in [0.29, 0.717) is 0 Å². The van der Waals surface area contributed by atoms with Gasteiger partial charge >= 0.3 is 0 Å². The van der Waals surface area contributed by atoms with Crippen molar-refractivity contribution in [1.82, 2.24) is 0 Å². The Labute approximate surface area is 151 Å². The van der Waals surface area contributed by atoms with Gasteiger partial charge in [0.1, 0.15) is 0 Å². The van der Waals surface area contributed by atoms with E-state index in [9.17, 15) is 0 Å². The first-order chi connectivity index (χ1) is 11.7. The van der Waals surface area contributed by atoms with Crippen molar-refractivity contribution >= 4 is 0 Å². The molecule has 0 heteroatoms. The Morgan fingerprint density at radius 3 is 2.42 bits per heavy atom. The molecule has 2 fully saturated rings. The van der Waals surface area contributed by atoms with Gasteiger partial charge in [-0.25, -0.2) is 0 Å². The summed E-state index contributed by atoms with van der Waals surface area (Å²) in [7, 11) is 0. The van der Waals surface area contributed by atoms with Crippen molar-refractivity contribution in [1.29, 1.82) is 0 Å². The molecule has 5 unspecified atom stereocenters. The molecule has 0 saturated heterocycles. The van der Waals surface area contributed by atoms with Crippen LogP contribution in [0.2, 0.25) is 0 Å². The normalized spacial score (nSPS) is 34.1. The zero-order valence-corrected chi connectivity index (χ0v) is 16.8. The van der Waals surface area contributed by atoms with Crippen LogP contribution in [0.3, 0.4) is 0 Å². The van der Waals surface area contributed by atoms with Gasteiger partial charge in [0, 0.05) is 0 Å². The van der Waals surface area contributed by atoms with Crippen molar-refractivity contribution < 1.29 is 0 Å². The van der Waals surface area contributed by atoms with Crippen molar-refractivity contribution in [3.63, 3.8) is 0 Å². The summed E-state index contributed by atoms with van der Waals surface area (Å²) in [6, 6.07) is 0. The van der Waals surface area contributed by atoms with E-state index in [4.69, 9.17) is 0 Å². The molecule has 3 rings (SSSR count). The Morgan fingerprint density at radius 2 is 1.79 bits per heavy atom. The highest BCUT2D eigenvalue weighted by Gasteiger charge is 2.41. The highest BCUT2D eigenvalue weighted by molar-refractivity contribution is 5.28. The van der Waals surface area contributed by atoms with E-state index in [1.165, 1.54) is 64.2 Å². The zero-order valence-electron chi connectivity index (χ0n) is 16.8. The van der Waals surface area contributed by atoms with Crippen molar-refractivity contribution in [2.45, 2.75) is 111 Å². The Balaban J connectivity index is 1.47. The van der Waals surface area contributed by atoms with Gasteiger partial charge in [-0.15, -0.1) is 0 Å². The Kier molecular flexibility index (Phi) is 6.88. The highest BCUT2D eigenvalue weighted by atomic mass is 14.5. The molecule has 3 aliphatic rings. The third-order valence-corrected chi connectivity index (χ3v) is 7.77. The Hall–Kier alpha value is -0.260. The fourth-order valence-electron chi connectivity index (χ4n) is 6.01. The minimum Gasteiger partial charge on any atom is -0.0701 e. The molecule has 0 N–H and O–H groups in total. The molecule has 0 heterocycles. The third kappa shape index (κ3) is 4.28. The van der Waals surface area contributed by atoms with E-state index >= 15 is 0 Å². The van der Waals surface area contributed by atoms with Gasteiger partial charge in [-0.2, -0.15) is 0 Å². The molecule has 0 aromatic carbocycles. The van der Waals surface area contributed by atoms with Crippen LogP contribution in [0.5, 0.6) is 0 Å². The first-order valence-corrected chi connectivity index (χ1v) is 11.4. The van der Waals surface area contributed by atoms with E-state index in [1.54, 1.807) is 25.7 Å². The number of hydrogen-bond donors (Lipinski definition) is 0. The molecule has 0 aromatic rings. The van der Waals surface area contributed by atoms with Crippen LogP contribution in [0.4, 0.5) is 0 Å². The van der Waals surface area contributed by atoms with Crippen molar-refractivity contribution in [3.8, 4) is 0 Å². The van der Waals surface area contributed by atoms with Gasteiger partial charge in [-0.3, -0.25) is 0 Å². The minimum atomic E-state index is 0.928. The average molecular weight is 331 g/mol. The topological polar surface area (TPSA) is 0 Å². The van der Waals surface area contributed by atoms with E-state index < -0.39 is 0 Å². The minimum absolute atomic E-state index is 0.928. The standard InChI is InChI=1S/C24H42/c1-4-6-8-18(3)16-20-13-15-24(20)22-11-10-21(17-22)23-14-12-19(23)9-7-5-2/h18-19,21-23H,4-17H2,1-3H3. The van der Waals surface area contributed by atoms with E-state index in [2.05, 4.69) is 20.8 Å². The maximum Gasteiger partial charge on any atom is -0.0198 e. The molecular formula is C24H42. The molecule has 0 bridgehead atoms. The summed E-state index contributed by atoms with van der Waals surface area (Å²) in [6.45, 7) is 7.17. The van der Waals surface area contributed by atoms with Gasteiger partial charge in [-0.1, -0.05) is 70.4 Å². The predicted molar refractivity (Wildman–Crippen MR) is 106 cm³/mol. The Morgan fingerprint density at radius 1 is 0.958 bits per heavy atom. The molecule has 0 aromatic heterocycles. The van der Waals surface area contributed by atoms with Gasteiger partial charge in [0.15, 0.2) is 0 Å². The fourth-order valence-corrected chi connectivity index (χ4v) is 6.01. The van der Waals surface area contributed by atoms with Crippen LogP contribution in [0.1, 0.15) is 111 Å². The van der Waals surface area contributed by atoms with Crippen LogP contribution in [0.15, 0.2) is 11.1 Å². The summed E-state index contributed by atoms with van der Waals surface area (Å²) < 4.78 is 0. The smallest absolute Gasteiger partial charge is 0.0198 e. The summed E-state index contributed by atoms with van der Waals surface area (Å²) in [5.41, 5.74) is 3.85. The fraction of sp³-hybridized carbons (Fsp3) is 0.917. The third-order valence-electron chi connectivity index (χ3n) is 7.77. The first kappa shape index (κ1) is 18.5. The number of rotatable bonds is 10. The lowest BCUT2D eigenvalue weighted by atomic mass is 9.64. The second kappa shape index (κ2) is 8.91. The molecule has 0 spiro atoms. The molecule has 0 radical (unpaired) electrons. The van der Waals surface area contributed by atoms with E-state index in [0.717, 1.165) is 29.6 Å². The predicted octanol–water partition coefficient (Wildman–Crippen LogP) is 7.93. The Bertz CT molecular complexity index is 418. The maximum absolute atomic E-state index is 2.49. The highest BCUT2D eigenvalue weighted by Crippen LogP contribution is 2.53. The number of hydrogen-bond acceptors (Lipinski definition) is 0. The molecule has 24 heavy (non-hydrogen) atoms. The first-order valence-electron chi connectivity index (χ1n) is 11.4. The van der Waals surface area contributed by atoms with Gasteiger partial charge < -0.3 is 0 Å². The number of allylic oxidation sites excluding steroid dienone is 2. The zero-order chi connectivity index (χ0) is 16.9. The van der Waals surface area contributed by atoms with E-state index in [1.807, 2.05) is 11.1 Å².